The summed E-state index contributed by atoms with van der Waals surface area (Å²) in [6.45, 7) is 2.71. The predicted molar refractivity (Wildman–Crippen MR) is 101 cm³/mol. The second-order valence-electron chi connectivity index (χ2n) is 6.78. The number of likely N-dealkylation sites (tertiary alicyclic amines) is 1. The standard InChI is InChI=1S/C19H25ClN4O2/c1-21-12-14-4-3-11-24(13-14)18(25)6-2-5-17-22-19(23-26-17)15-7-9-16(20)10-8-15/h7-10,14,21H,2-6,11-13H2,1H3. The molecule has 1 aliphatic rings. The van der Waals surface area contributed by atoms with Gasteiger partial charge >= 0.3 is 0 Å². The Morgan fingerprint density at radius 2 is 2.19 bits per heavy atom. The molecule has 0 spiro atoms. The second-order valence-corrected chi connectivity index (χ2v) is 7.21. The summed E-state index contributed by atoms with van der Waals surface area (Å²) in [6.07, 6.45) is 4.13. The van der Waals surface area contributed by atoms with E-state index in [1.807, 2.05) is 24.1 Å². The van der Waals surface area contributed by atoms with Crippen molar-refractivity contribution in [2.45, 2.75) is 32.1 Å². The van der Waals surface area contributed by atoms with Crippen LogP contribution in [0.15, 0.2) is 28.8 Å². The monoisotopic (exact) mass is 376 g/mol. The van der Waals surface area contributed by atoms with E-state index in [1.165, 1.54) is 6.42 Å². The zero-order valence-corrected chi connectivity index (χ0v) is 15.8. The third-order valence-electron chi connectivity index (χ3n) is 4.72. The molecule has 0 radical (unpaired) electrons. The number of carbonyl (C=O) groups excluding carboxylic acids is 1. The van der Waals surface area contributed by atoms with Gasteiger partial charge in [-0.15, -0.1) is 0 Å². The van der Waals surface area contributed by atoms with Crippen LogP contribution < -0.4 is 5.32 Å². The van der Waals surface area contributed by atoms with Crippen LogP contribution in [0.1, 0.15) is 31.6 Å². The molecule has 26 heavy (non-hydrogen) atoms. The Morgan fingerprint density at radius 1 is 1.38 bits per heavy atom. The molecular formula is C19H25ClN4O2. The van der Waals surface area contributed by atoms with Crippen LogP contribution in [0, 0.1) is 5.92 Å². The molecule has 0 bridgehead atoms. The van der Waals surface area contributed by atoms with Crippen molar-refractivity contribution in [3.63, 3.8) is 0 Å². The number of piperidine rings is 1. The minimum atomic E-state index is 0.225. The highest BCUT2D eigenvalue weighted by Crippen LogP contribution is 2.20. The molecule has 2 aromatic rings. The van der Waals surface area contributed by atoms with Gasteiger partial charge in [0.25, 0.3) is 0 Å². The zero-order chi connectivity index (χ0) is 18.4. The molecule has 3 rings (SSSR count). The molecule has 0 saturated carbocycles. The van der Waals surface area contributed by atoms with Crippen molar-refractivity contribution in [1.29, 1.82) is 0 Å². The molecule has 140 valence electrons. The van der Waals surface area contributed by atoms with Crippen LogP contribution in [0.25, 0.3) is 11.4 Å². The fourth-order valence-corrected chi connectivity index (χ4v) is 3.49. The molecule has 1 aliphatic heterocycles. The summed E-state index contributed by atoms with van der Waals surface area (Å²) >= 11 is 5.89. The third kappa shape index (κ3) is 5.05. The first-order chi connectivity index (χ1) is 12.7. The molecule has 1 aromatic heterocycles. The van der Waals surface area contributed by atoms with Crippen molar-refractivity contribution < 1.29 is 9.32 Å². The van der Waals surface area contributed by atoms with Gasteiger partial charge in [0, 0.05) is 36.5 Å². The van der Waals surface area contributed by atoms with Crippen LogP contribution in [0.3, 0.4) is 0 Å². The lowest BCUT2D eigenvalue weighted by molar-refractivity contribution is -0.133. The molecule has 1 amide bonds. The molecule has 0 aliphatic carbocycles. The SMILES string of the molecule is CNCC1CCCN(C(=O)CCCc2nc(-c3ccc(Cl)cc3)no2)C1. The Hall–Kier alpha value is -1.92. The molecule has 1 unspecified atom stereocenters. The van der Waals surface area contributed by atoms with Crippen molar-refractivity contribution >= 4 is 17.5 Å². The van der Waals surface area contributed by atoms with Gasteiger partial charge in [-0.25, -0.2) is 0 Å². The van der Waals surface area contributed by atoms with E-state index in [0.29, 0.717) is 41.9 Å². The minimum absolute atomic E-state index is 0.225. The van der Waals surface area contributed by atoms with Gasteiger partial charge in [0.1, 0.15) is 0 Å². The Bertz CT molecular complexity index is 715. The van der Waals surface area contributed by atoms with Crippen molar-refractivity contribution in [2.75, 3.05) is 26.7 Å². The van der Waals surface area contributed by atoms with Crippen LogP contribution in [-0.2, 0) is 11.2 Å². The summed E-state index contributed by atoms with van der Waals surface area (Å²) in [4.78, 5) is 18.8. The van der Waals surface area contributed by atoms with Gasteiger partial charge in [0.05, 0.1) is 0 Å². The number of amides is 1. The average Bonchev–Trinajstić information content (AvgIpc) is 3.12. The van der Waals surface area contributed by atoms with Gasteiger partial charge in [-0.1, -0.05) is 16.8 Å². The van der Waals surface area contributed by atoms with E-state index < -0.39 is 0 Å². The Morgan fingerprint density at radius 3 is 2.96 bits per heavy atom. The zero-order valence-electron chi connectivity index (χ0n) is 15.1. The molecule has 1 fully saturated rings. The van der Waals surface area contributed by atoms with Crippen LogP contribution in [-0.4, -0.2) is 47.6 Å². The summed E-state index contributed by atoms with van der Waals surface area (Å²) in [6, 6.07) is 7.31. The lowest BCUT2D eigenvalue weighted by Crippen LogP contribution is -2.42. The summed E-state index contributed by atoms with van der Waals surface area (Å²) in [5.74, 6) is 1.90. The van der Waals surface area contributed by atoms with Crippen molar-refractivity contribution in [3.05, 3.63) is 35.2 Å². The number of halogens is 1. The van der Waals surface area contributed by atoms with E-state index in [2.05, 4.69) is 15.5 Å². The van der Waals surface area contributed by atoms with E-state index in [0.717, 1.165) is 31.6 Å². The molecule has 2 heterocycles. The number of aromatic nitrogens is 2. The summed E-state index contributed by atoms with van der Waals surface area (Å²) in [5, 5.41) is 7.88. The largest absolute Gasteiger partial charge is 0.342 e. The fourth-order valence-electron chi connectivity index (χ4n) is 3.37. The maximum atomic E-state index is 12.4. The Balaban J connectivity index is 1.46. The maximum absolute atomic E-state index is 12.4. The number of hydrogen-bond donors (Lipinski definition) is 1. The topological polar surface area (TPSA) is 71.3 Å². The molecule has 1 saturated heterocycles. The van der Waals surface area contributed by atoms with Gasteiger partial charge in [-0.05, 0) is 63.0 Å². The first-order valence-electron chi connectivity index (χ1n) is 9.16. The second kappa shape index (κ2) is 9.14. The minimum Gasteiger partial charge on any atom is -0.342 e. The van der Waals surface area contributed by atoms with E-state index in [1.54, 1.807) is 12.1 Å². The van der Waals surface area contributed by atoms with Crippen molar-refractivity contribution in [3.8, 4) is 11.4 Å². The van der Waals surface area contributed by atoms with Gasteiger partial charge in [-0.3, -0.25) is 4.79 Å². The van der Waals surface area contributed by atoms with E-state index in [-0.39, 0.29) is 5.91 Å². The third-order valence-corrected chi connectivity index (χ3v) is 4.97. The molecule has 6 nitrogen and oxygen atoms in total. The van der Waals surface area contributed by atoms with E-state index in [4.69, 9.17) is 16.1 Å². The highest BCUT2D eigenvalue weighted by atomic mass is 35.5. The van der Waals surface area contributed by atoms with Gasteiger partial charge < -0.3 is 14.7 Å². The summed E-state index contributed by atoms with van der Waals surface area (Å²) in [7, 11) is 1.96. The number of hydrogen-bond acceptors (Lipinski definition) is 5. The van der Waals surface area contributed by atoms with Crippen LogP contribution in [0.4, 0.5) is 0 Å². The number of nitrogens with zero attached hydrogens (tertiary/aromatic N) is 3. The number of benzene rings is 1. The van der Waals surface area contributed by atoms with Gasteiger partial charge in [-0.2, -0.15) is 4.98 Å². The highest BCUT2D eigenvalue weighted by Gasteiger charge is 2.22. The van der Waals surface area contributed by atoms with E-state index in [9.17, 15) is 4.79 Å². The first kappa shape index (κ1) is 18.9. The Kier molecular flexibility index (Phi) is 6.63. The summed E-state index contributed by atoms with van der Waals surface area (Å²) in [5.41, 5.74) is 0.865. The quantitative estimate of drug-likeness (QED) is 0.803. The normalized spacial score (nSPS) is 17.5. The lowest BCUT2D eigenvalue weighted by atomic mass is 9.97. The number of rotatable bonds is 7. The number of carbonyl (C=O) groups is 1. The number of nitrogens with one attached hydrogen (secondary N) is 1. The number of aryl methyl sites for hydroxylation is 1. The average molecular weight is 377 g/mol. The van der Waals surface area contributed by atoms with Crippen LogP contribution >= 0.6 is 11.6 Å². The Labute approximate surface area is 158 Å². The molecule has 1 aromatic carbocycles. The van der Waals surface area contributed by atoms with Gasteiger partial charge in [0.2, 0.25) is 17.6 Å². The molecule has 7 heteroatoms. The van der Waals surface area contributed by atoms with Crippen molar-refractivity contribution in [1.82, 2.24) is 20.4 Å². The summed E-state index contributed by atoms with van der Waals surface area (Å²) < 4.78 is 5.30. The van der Waals surface area contributed by atoms with E-state index >= 15 is 0 Å². The van der Waals surface area contributed by atoms with Gasteiger partial charge in [0.15, 0.2) is 0 Å². The van der Waals surface area contributed by atoms with Crippen molar-refractivity contribution in [2.24, 2.45) is 5.92 Å². The van der Waals surface area contributed by atoms with Crippen LogP contribution in [0.5, 0.6) is 0 Å². The molecule has 1 atom stereocenters. The van der Waals surface area contributed by atoms with Crippen LogP contribution in [0.2, 0.25) is 5.02 Å². The predicted octanol–water partition coefficient (Wildman–Crippen LogP) is 3.17. The highest BCUT2D eigenvalue weighted by molar-refractivity contribution is 6.30. The lowest BCUT2D eigenvalue weighted by Gasteiger charge is -2.32. The molecule has 1 N–H and O–H groups in total. The first-order valence-corrected chi connectivity index (χ1v) is 9.54. The maximum Gasteiger partial charge on any atom is 0.226 e. The fraction of sp³-hybridized carbons (Fsp3) is 0.526. The smallest absolute Gasteiger partial charge is 0.226 e. The molecular weight excluding hydrogens is 352 g/mol.